The molecule has 4 heteroatoms. The first kappa shape index (κ1) is 15.1. The van der Waals surface area contributed by atoms with Crippen LogP contribution in [0, 0.1) is 17.6 Å². The maximum atomic E-state index is 13.6. The first-order chi connectivity index (χ1) is 9.47. The topological polar surface area (TPSA) is 26.3 Å². The van der Waals surface area contributed by atoms with Gasteiger partial charge in [-0.2, -0.15) is 0 Å². The van der Waals surface area contributed by atoms with Gasteiger partial charge in [-0.05, 0) is 55.4 Å². The van der Waals surface area contributed by atoms with Crippen LogP contribution in [-0.4, -0.2) is 18.5 Å². The maximum absolute atomic E-state index is 13.6. The lowest BCUT2D eigenvalue weighted by molar-refractivity contribution is -0.145. The molecule has 0 heterocycles. The van der Waals surface area contributed by atoms with Gasteiger partial charge in [-0.25, -0.2) is 8.78 Å². The van der Waals surface area contributed by atoms with E-state index in [0.29, 0.717) is 18.8 Å². The van der Waals surface area contributed by atoms with Gasteiger partial charge in [0.05, 0.1) is 0 Å². The summed E-state index contributed by atoms with van der Waals surface area (Å²) in [5.41, 5.74) is -0.726. The lowest BCUT2D eigenvalue weighted by Crippen LogP contribution is -2.44. The van der Waals surface area contributed by atoms with Crippen molar-refractivity contribution in [3.63, 3.8) is 0 Å². The Labute approximate surface area is 118 Å². The van der Waals surface area contributed by atoms with Gasteiger partial charge in [-0.3, -0.25) is 4.79 Å². The molecule has 1 aromatic carbocycles. The Morgan fingerprint density at radius 2 is 2.00 bits per heavy atom. The minimum absolute atomic E-state index is 0.102. The second-order valence-electron chi connectivity index (χ2n) is 5.72. The minimum Gasteiger partial charge on any atom is -0.370 e. The number of methoxy groups -OCH3 is 1. The molecule has 1 saturated carbocycles. The fourth-order valence-corrected chi connectivity index (χ4v) is 2.84. The van der Waals surface area contributed by atoms with Crippen molar-refractivity contribution in [3.8, 4) is 0 Å². The van der Waals surface area contributed by atoms with Crippen molar-refractivity contribution in [2.45, 2.75) is 44.6 Å². The van der Waals surface area contributed by atoms with Crippen LogP contribution < -0.4 is 0 Å². The number of rotatable bonds is 4. The van der Waals surface area contributed by atoms with E-state index in [1.807, 2.05) is 0 Å². The second-order valence-corrected chi connectivity index (χ2v) is 5.72. The van der Waals surface area contributed by atoms with E-state index in [4.69, 9.17) is 4.74 Å². The molecule has 1 aliphatic rings. The summed E-state index contributed by atoms with van der Waals surface area (Å²) in [7, 11) is 1.52. The van der Waals surface area contributed by atoms with Gasteiger partial charge < -0.3 is 4.74 Å². The van der Waals surface area contributed by atoms with E-state index in [0.717, 1.165) is 31.0 Å². The molecule has 0 saturated heterocycles. The molecule has 0 atom stereocenters. The summed E-state index contributed by atoms with van der Waals surface area (Å²) < 4.78 is 32.3. The molecule has 0 aliphatic heterocycles. The molecular formula is C16H20F2O2. The van der Waals surface area contributed by atoms with Crippen LogP contribution in [0.5, 0.6) is 0 Å². The van der Waals surface area contributed by atoms with Gasteiger partial charge >= 0.3 is 0 Å². The van der Waals surface area contributed by atoms with Crippen molar-refractivity contribution in [3.05, 3.63) is 35.4 Å². The highest BCUT2D eigenvalue weighted by Crippen LogP contribution is 2.36. The molecule has 0 amide bonds. The lowest BCUT2D eigenvalue weighted by Gasteiger charge is -2.37. The molecule has 20 heavy (non-hydrogen) atoms. The largest absolute Gasteiger partial charge is 0.370 e. The number of benzene rings is 1. The average molecular weight is 282 g/mol. The zero-order valence-corrected chi connectivity index (χ0v) is 11.9. The Kier molecular flexibility index (Phi) is 4.53. The molecule has 110 valence electrons. The minimum atomic E-state index is -0.828. The van der Waals surface area contributed by atoms with Crippen LogP contribution in [0.2, 0.25) is 0 Å². The highest BCUT2D eigenvalue weighted by Gasteiger charge is 2.40. The third-order valence-corrected chi connectivity index (χ3v) is 4.34. The van der Waals surface area contributed by atoms with Crippen LogP contribution in [0.1, 0.15) is 38.2 Å². The van der Waals surface area contributed by atoms with Crippen LogP contribution in [0.15, 0.2) is 18.2 Å². The fourth-order valence-electron chi connectivity index (χ4n) is 2.84. The van der Waals surface area contributed by atoms with E-state index < -0.39 is 17.2 Å². The van der Waals surface area contributed by atoms with Crippen LogP contribution >= 0.6 is 0 Å². The van der Waals surface area contributed by atoms with Gasteiger partial charge in [0, 0.05) is 13.5 Å². The monoisotopic (exact) mass is 282 g/mol. The Bertz CT molecular complexity index is 491. The Morgan fingerprint density at radius 3 is 2.60 bits per heavy atom. The summed E-state index contributed by atoms with van der Waals surface area (Å²) in [6.07, 6.45) is 3.03. The van der Waals surface area contributed by atoms with E-state index >= 15 is 0 Å². The Hall–Kier alpha value is -1.29. The first-order valence-electron chi connectivity index (χ1n) is 6.99. The van der Waals surface area contributed by atoms with E-state index in [9.17, 15) is 13.6 Å². The normalized spacial score (nSPS) is 26.5. The molecule has 2 rings (SSSR count). The van der Waals surface area contributed by atoms with E-state index in [2.05, 4.69) is 6.92 Å². The molecule has 0 spiro atoms. The number of carbonyl (C=O) groups excluding carboxylic acids is 1. The maximum Gasteiger partial charge on any atom is 0.169 e. The summed E-state index contributed by atoms with van der Waals surface area (Å²) in [5.74, 6) is -0.651. The number of Topliss-reactive ketones (excluding diaryl/α,β-unsaturated/α-hetero) is 1. The van der Waals surface area contributed by atoms with Gasteiger partial charge in [-0.1, -0.05) is 6.92 Å². The number of hydrogen-bond donors (Lipinski definition) is 0. The third-order valence-electron chi connectivity index (χ3n) is 4.34. The van der Waals surface area contributed by atoms with E-state index in [-0.39, 0.29) is 17.8 Å². The molecule has 2 nitrogen and oxygen atoms in total. The fraction of sp³-hybridized carbons (Fsp3) is 0.562. The molecule has 0 aromatic heterocycles. The molecule has 0 bridgehead atoms. The number of halogens is 2. The van der Waals surface area contributed by atoms with Crippen molar-refractivity contribution < 1.29 is 18.3 Å². The standard InChI is InChI=1S/C16H20F2O2/c1-11-5-7-16(20-2,8-6-11)15(19)10-12-9-13(17)3-4-14(12)18/h3-4,9,11H,5-8,10H2,1-2H3. The van der Waals surface area contributed by atoms with Gasteiger partial charge in [0.15, 0.2) is 5.78 Å². The van der Waals surface area contributed by atoms with Crippen molar-refractivity contribution in [1.82, 2.24) is 0 Å². The molecular weight excluding hydrogens is 262 g/mol. The van der Waals surface area contributed by atoms with Gasteiger partial charge in [0.1, 0.15) is 17.2 Å². The van der Waals surface area contributed by atoms with E-state index in [1.165, 1.54) is 7.11 Å². The first-order valence-corrected chi connectivity index (χ1v) is 6.99. The van der Waals surface area contributed by atoms with Crippen molar-refractivity contribution in [1.29, 1.82) is 0 Å². The molecule has 1 aromatic rings. The smallest absolute Gasteiger partial charge is 0.169 e. The van der Waals surface area contributed by atoms with Gasteiger partial charge in [-0.15, -0.1) is 0 Å². The van der Waals surface area contributed by atoms with E-state index in [1.54, 1.807) is 0 Å². The zero-order chi connectivity index (χ0) is 14.8. The van der Waals surface area contributed by atoms with Crippen LogP contribution in [0.3, 0.4) is 0 Å². The average Bonchev–Trinajstić information content (AvgIpc) is 2.44. The number of carbonyl (C=O) groups is 1. The third kappa shape index (κ3) is 3.06. The molecule has 0 N–H and O–H groups in total. The molecule has 1 fully saturated rings. The summed E-state index contributed by atoms with van der Waals surface area (Å²) in [5, 5.41) is 0. The predicted molar refractivity (Wildman–Crippen MR) is 72.4 cm³/mol. The van der Waals surface area contributed by atoms with Crippen LogP contribution in [-0.2, 0) is 16.0 Å². The number of hydrogen-bond acceptors (Lipinski definition) is 2. The number of ether oxygens (including phenoxy) is 1. The van der Waals surface area contributed by atoms with Crippen LogP contribution in [0.4, 0.5) is 8.78 Å². The zero-order valence-electron chi connectivity index (χ0n) is 11.9. The predicted octanol–water partition coefficient (Wildman–Crippen LogP) is 3.67. The SMILES string of the molecule is COC1(C(=O)Cc2cc(F)ccc2F)CCC(C)CC1. The molecule has 1 aliphatic carbocycles. The highest BCUT2D eigenvalue weighted by atomic mass is 19.1. The summed E-state index contributed by atoms with van der Waals surface area (Å²) in [4.78, 5) is 12.5. The number of ketones is 1. The summed E-state index contributed by atoms with van der Waals surface area (Å²) >= 11 is 0. The summed E-state index contributed by atoms with van der Waals surface area (Å²) in [6.45, 7) is 2.15. The lowest BCUT2D eigenvalue weighted by atomic mass is 9.76. The van der Waals surface area contributed by atoms with Gasteiger partial charge in [0.2, 0.25) is 0 Å². The van der Waals surface area contributed by atoms with Crippen molar-refractivity contribution in [2.75, 3.05) is 7.11 Å². The van der Waals surface area contributed by atoms with Crippen molar-refractivity contribution in [2.24, 2.45) is 5.92 Å². The molecule has 0 radical (unpaired) electrons. The van der Waals surface area contributed by atoms with Crippen LogP contribution in [0.25, 0.3) is 0 Å². The quantitative estimate of drug-likeness (QED) is 0.842. The molecule has 0 unspecified atom stereocenters. The highest BCUT2D eigenvalue weighted by molar-refractivity contribution is 5.89. The van der Waals surface area contributed by atoms with Gasteiger partial charge in [0.25, 0.3) is 0 Å². The Balaban J connectivity index is 2.15. The second kappa shape index (κ2) is 6.00. The Morgan fingerprint density at radius 1 is 1.35 bits per heavy atom. The van der Waals surface area contributed by atoms with Crippen molar-refractivity contribution >= 4 is 5.78 Å². The summed E-state index contributed by atoms with van der Waals surface area (Å²) in [6, 6.07) is 3.19.